The van der Waals surface area contributed by atoms with Crippen molar-refractivity contribution in [3.63, 3.8) is 0 Å². The first-order valence-electron chi connectivity index (χ1n) is 6.99. The van der Waals surface area contributed by atoms with Crippen molar-refractivity contribution < 1.29 is 14.0 Å². The fourth-order valence-electron chi connectivity index (χ4n) is 1.95. The van der Waals surface area contributed by atoms with Gasteiger partial charge < -0.3 is 4.42 Å². The van der Waals surface area contributed by atoms with Gasteiger partial charge in [-0.3, -0.25) is 15.0 Å². The van der Waals surface area contributed by atoms with Crippen LogP contribution in [-0.4, -0.2) is 21.1 Å². The summed E-state index contributed by atoms with van der Waals surface area (Å²) in [6.45, 7) is 0. The van der Waals surface area contributed by atoms with Gasteiger partial charge >= 0.3 is 5.91 Å². The molecule has 0 bridgehead atoms. The molecule has 0 unspecified atom stereocenters. The molecule has 1 aromatic carbocycles. The molecule has 24 heavy (non-hydrogen) atoms. The first kappa shape index (κ1) is 16.2. The largest absolute Gasteiger partial charge is 0.459 e. The summed E-state index contributed by atoms with van der Waals surface area (Å²) in [6.07, 6.45) is 6.71. The topological polar surface area (TPSA) is 62.6 Å². The summed E-state index contributed by atoms with van der Waals surface area (Å²) in [5.41, 5.74) is 3.47. The third kappa shape index (κ3) is 3.64. The number of furan rings is 1. The van der Waals surface area contributed by atoms with Gasteiger partial charge in [-0.15, -0.1) is 0 Å². The van der Waals surface area contributed by atoms with Crippen LogP contribution in [0.15, 0.2) is 70.2 Å². The smallest absolute Gasteiger partial charge is 0.305 e. The molecule has 1 N–H and O–H groups in total. The van der Waals surface area contributed by atoms with E-state index in [1.54, 1.807) is 18.2 Å². The molecule has 1 aliphatic heterocycles. The van der Waals surface area contributed by atoms with Gasteiger partial charge in [0.25, 0.3) is 5.91 Å². The van der Waals surface area contributed by atoms with Crippen molar-refractivity contribution in [1.82, 2.24) is 10.4 Å². The van der Waals surface area contributed by atoms with Crippen LogP contribution >= 0.6 is 24.0 Å². The molecule has 2 amide bonds. The maximum Gasteiger partial charge on any atom is 0.305 e. The highest BCUT2D eigenvalue weighted by molar-refractivity contribution is 8.26. The molecular formula is C17H12N2O3S2. The summed E-state index contributed by atoms with van der Waals surface area (Å²) in [5, 5.41) is 1.05. The zero-order valence-corrected chi connectivity index (χ0v) is 14.0. The van der Waals surface area contributed by atoms with Gasteiger partial charge in [-0.25, -0.2) is 0 Å². The highest BCUT2D eigenvalue weighted by atomic mass is 32.2. The number of thiocarbonyl (C=S) groups is 1. The number of hydrogen-bond acceptors (Lipinski definition) is 5. The molecular weight excluding hydrogens is 344 g/mol. The van der Waals surface area contributed by atoms with E-state index in [2.05, 4.69) is 5.43 Å². The van der Waals surface area contributed by atoms with Gasteiger partial charge in [0, 0.05) is 0 Å². The Morgan fingerprint density at radius 3 is 2.71 bits per heavy atom. The van der Waals surface area contributed by atoms with Crippen molar-refractivity contribution >= 4 is 46.2 Å². The molecule has 1 fully saturated rings. The third-order valence-electron chi connectivity index (χ3n) is 3.09. The zero-order chi connectivity index (χ0) is 16.9. The zero-order valence-electron chi connectivity index (χ0n) is 12.3. The molecule has 0 aliphatic carbocycles. The minimum Gasteiger partial charge on any atom is -0.459 e. The Balaban J connectivity index is 1.68. The average molecular weight is 356 g/mol. The van der Waals surface area contributed by atoms with Crippen LogP contribution in [0.3, 0.4) is 0 Å². The number of allylic oxidation sites excluding steroid dienone is 2. The van der Waals surface area contributed by atoms with Crippen LogP contribution in [-0.2, 0) is 4.79 Å². The lowest BCUT2D eigenvalue weighted by atomic mass is 10.2. The van der Waals surface area contributed by atoms with Crippen LogP contribution in [0.1, 0.15) is 16.1 Å². The molecule has 2 heterocycles. The van der Waals surface area contributed by atoms with E-state index in [9.17, 15) is 9.59 Å². The van der Waals surface area contributed by atoms with Gasteiger partial charge in [0.05, 0.1) is 11.2 Å². The van der Waals surface area contributed by atoms with E-state index in [-0.39, 0.29) is 16.0 Å². The number of thioether (sulfide) groups is 1. The second kappa shape index (κ2) is 7.29. The highest BCUT2D eigenvalue weighted by Gasteiger charge is 2.33. The van der Waals surface area contributed by atoms with E-state index >= 15 is 0 Å². The quantitative estimate of drug-likeness (QED) is 0.672. The highest BCUT2D eigenvalue weighted by Crippen LogP contribution is 2.29. The van der Waals surface area contributed by atoms with E-state index < -0.39 is 5.91 Å². The summed E-state index contributed by atoms with van der Waals surface area (Å²) in [6, 6.07) is 12.8. The second-order valence-electron chi connectivity index (χ2n) is 4.73. The van der Waals surface area contributed by atoms with E-state index in [1.807, 2.05) is 36.4 Å². The minimum atomic E-state index is -0.530. The molecule has 3 rings (SSSR count). The SMILES string of the molecule is O=C(NN1C(=O)/C(=C\C=C\c2ccccc2)SC1=S)c1ccco1. The molecule has 2 aromatic rings. The lowest BCUT2D eigenvalue weighted by Gasteiger charge is -2.14. The first-order valence-corrected chi connectivity index (χ1v) is 8.22. The van der Waals surface area contributed by atoms with Crippen LogP contribution in [0.25, 0.3) is 6.08 Å². The first-order chi connectivity index (χ1) is 11.6. The number of rotatable bonds is 4. The second-order valence-corrected chi connectivity index (χ2v) is 6.40. The Bertz CT molecular complexity index is 827. The number of carbonyl (C=O) groups is 2. The maximum absolute atomic E-state index is 12.3. The Labute approximate surface area is 148 Å². The van der Waals surface area contributed by atoms with Crippen LogP contribution in [0.5, 0.6) is 0 Å². The number of amides is 2. The average Bonchev–Trinajstić information content (AvgIpc) is 3.21. The maximum atomic E-state index is 12.3. The van der Waals surface area contributed by atoms with E-state index in [0.29, 0.717) is 4.91 Å². The predicted molar refractivity (Wildman–Crippen MR) is 96.8 cm³/mol. The molecule has 0 saturated carbocycles. The Kier molecular flexibility index (Phi) is 4.93. The molecule has 5 nitrogen and oxygen atoms in total. The molecule has 120 valence electrons. The van der Waals surface area contributed by atoms with Gasteiger partial charge in [0.15, 0.2) is 10.1 Å². The van der Waals surface area contributed by atoms with Crippen LogP contribution in [0.2, 0.25) is 0 Å². The Hall–Kier alpha value is -2.64. The molecule has 7 heteroatoms. The molecule has 1 aliphatic rings. The Morgan fingerprint density at radius 1 is 1.21 bits per heavy atom. The van der Waals surface area contributed by atoms with Gasteiger partial charge in [-0.05, 0) is 36.0 Å². The van der Waals surface area contributed by atoms with E-state index in [1.165, 1.54) is 12.3 Å². The van der Waals surface area contributed by atoms with Gasteiger partial charge in [-0.2, -0.15) is 5.01 Å². The van der Waals surface area contributed by atoms with Crippen molar-refractivity contribution in [2.45, 2.75) is 0 Å². The number of hydrazine groups is 1. The number of benzene rings is 1. The van der Waals surface area contributed by atoms with Crippen molar-refractivity contribution in [1.29, 1.82) is 0 Å². The lowest BCUT2D eigenvalue weighted by Crippen LogP contribution is -2.44. The number of carbonyl (C=O) groups excluding carboxylic acids is 2. The summed E-state index contributed by atoms with van der Waals surface area (Å²) >= 11 is 6.27. The summed E-state index contributed by atoms with van der Waals surface area (Å²) in [5.74, 6) is -0.794. The number of nitrogens with one attached hydrogen (secondary N) is 1. The minimum absolute atomic E-state index is 0.108. The lowest BCUT2D eigenvalue weighted by molar-refractivity contribution is -0.123. The fourth-order valence-corrected chi connectivity index (χ4v) is 3.08. The number of nitrogens with zero attached hydrogens (tertiary/aromatic N) is 1. The summed E-state index contributed by atoms with van der Waals surface area (Å²) < 4.78 is 5.25. The normalized spacial score (nSPS) is 16.3. The molecule has 1 saturated heterocycles. The molecule has 0 spiro atoms. The fraction of sp³-hybridized carbons (Fsp3) is 0. The Morgan fingerprint density at radius 2 is 2.00 bits per heavy atom. The molecule has 1 aromatic heterocycles. The van der Waals surface area contributed by atoms with E-state index in [4.69, 9.17) is 16.6 Å². The third-order valence-corrected chi connectivity index (χ3v) is 4.41. The standard InChI is InChI=1S/C17H12N2O3S2/c20-15(13-9-5-11-22-13)18-19-16(21)14(24-17(19)23)10-4-8-12-6-2-1-3-7-12/h1-11H,(H,18,20)/b8-4+,14-10+. The van der Waals surface area contributed by atoms with Crippen LogP contribution in [0, 0.1) is 0 Å². The van der Waals surface area contributed by atoms with E-state index in [0.717, 1.165) is 22.3 Å². The van der Waals surface area contributed by atoms with Crippen LogP contribution in [0.4, 0.5) is 0 Å². The van der Waals surface area contributed by atoms with Crippen molar-refractivity contribution in [2.24, 2.45) is 0 Å². The van der Waals surface area contributed by atoms with Crippen molar-refractivity contribution in [2.75, 3.05) is 0 Å². The van der Waals surface area contributed by atoms with Crippen molar-refractivity contribution in [3.05, 3.63) is 77.1 Å². The predicted octanol–water partition coefficient (Wildman–Crippen LogP) is 3.38. The summed E-state index contributed by atoms with van der Waals surface area (Å²) in [7, 11) is 0. The monoisotopic (exact) mass is 356 g/mol. The van der Waals surface area contributed by atoms with Gasteiger partial charge in [0.2, 0.25) is 0 Å². The molecule has 0 radical (unpaired) electrons. The van der Waals surface area contributed by atoms with Gasteiger partial charge in [-0.1, -0.05) is 54.2 Å². The number of hydrogen-bond donors (Lipinski definition) is 1. The summed E-state index contributed by atoms with van der Waals surface area (Å²) in [4.78, 5) is 24.7. The molecule has 0 atom stereocenters. The van der Waals surface area contributed by atoms with Crippen molar-refractivity contribution in [3.8, 4) is 0 Å². The van der Waals surface area contributed by atoms with Crippen LogP contribution < -0.4 is 5.43 Å². The van der Waals surface area contributed by atoms with Gasteiger partial charge in [0.1, 0.15) is 0 Å².